The number of carbonyl (C=O) groups excluding carboxylic acids is 1. The molecule has 122 valence electrons. The second-order valence-electron chi connectivity index (χ2n) is 6.72. The molecule has 2 fully saturated rings. The van der Waals surface area contributed by atoms with E-state index in [1.807, 2.05) is 25.3 Å². The first-order valence-electron chi connectivity index (χ1n) is 8.12. The summed E-state index contributed by atoms with van der Waals surface area (Å²) < 4.78 is 5.55. The van der Waals surface area contributed by atoms with E-state index in [4.69, 9.17) is 4.42 Å². The molecule has 2 aromatic heterocycles. The third-order valence-electron chi connectivity index (χ3n) is 5.16. The number of aryl methyl sites for hydroxylation is 2. The van der Waals surface area contributed by atoms with Crippen molar-refractivity contribution in [3.8, 4) is 11.3 Å². The maximum atomic E-state index is 12.5. The van der Waals surface area contributed by atoms with Crippen molar-refractivity contribution in [2.24, 2.45) is 11.3 Å². The predicted octanol–water partition coefficient (Wildman–Crippen LogP) is 3.35. The predicted molar refractivity (Wildman–Crippen MR) is 90.6 cm³/mol. The Bertz CT molecular complexity index is 743. The van der Waals surface area contributed by atoms with Crippen LogP contribution in [-0.4, -0.2) is 24.0 Å². The zero-order valence-electron chi connectivity index (χ0n) is 13.4. The number of furan rings is 1. The summed E-state index contributed by atoms with van der Waals surface area (Å²) in [7, 11) is 0. The largest absolute Gasteiger partial charge is 0.466 e. The van der Waals surface area contributed by atoms with Crippen LogP contribution in [0, 0.1) is 25.2 Å². The number of aromatic nitrogens is 1. The highest BCUT2D eigenvalue weighted by Gasteiger charge is 2.57. The minimum atomic E-state index is 0.132. The molecule has 1 atom stereocenters. The number of hydrogen-bond donors (Lipinski definition) is 2. The minimum absolute atomic E-state index is 0.132. The number of nitrogens with one attached hydrogen (secondary N) is 2. The van der Waals surface area contributed by atoms with Crippen LogP contribution in [0.25, 0.3) is 11.3 Å². The SMILES string of the molecule is Cc1cc(-c2csc(NC(=O)C3CC34CCNCC4)n2)c(C)o1. The molecular weight excluding hydrogens is 310 g/mol. The maximum Gasteiger partial charge on any atom is 0.229 e. The van der Waals surface area contributed by atoms with Crippen LogP contribution in [0.15, 0.2) is 15.9 Å². The molecule has 0 bridgehead atoms. The Morgan fingerprint density at radius 3 is 2.91 bits per heavy atom. The highest BCUT2D eigenvalue weighted by Crippen LogP contribution is 2.58. The number of hydrogen-bond acceptors (Lipinski definition) is 5. The van der Waals surface area contributed by atoms with Crippen molar-refractivity contribution in [1.29, 1.82) is 0 Å². The van der Waals surface area contributed by atoms with Crippen LogP contribution in [0.2, 0.25) is 0 Å². The van der Waals surface area contributed by atoms with Gasteiger partial charge in [0.1, 0.15) is 11.5 Å². The van der Waals surface area contributed by atoms with Gasteiger partial charge in [-0.3, -0.25) is 4.79 Å². The maximum absolute atomic E-state index is 12.5. The highest BCUT2D eigenvalue weighted by atomic mass is 32.1. The van der Waals surface area contributed by atoms with E-state index in [2.05, 4.69) is 15.6 Å². The van der Waals surface area contributed by atoms with Gasteiger partial charge in [0.25, 0.3) is 0 Å². The van der Waals surface area contributed by atoms with E-state index >= 15 is 0 Å². The van der Waals surface area contributed by atoms with E-state index in [1.165, 1.54) is 11.3 Å². The molecule has 1 aliphatic heterocycles. The lowest BCUT2D eigenvalue weighted by Gasteiger charge is -2.22. The van der Waals surface area contributed by atoms with E-state index in [-0.39, 0.29) is 17.2 Å². The number of piperidine rings is 1. The Labute approximate surface area is 139 Å². The molecular formula is C17H21N3O2S. The van der Waals surface area contributed by atoms with E-state index in [0.717, 1.165) is 55.1 Å². The van der Waals surface area contributed by atoms with Crippen LogP contribution in [0.1, 0.15) is 30.8 Å². The zero-order chi connectivity index (χ0) is 16.0. The number of amides is 1. The Balaban J connectivity index is 1.44. The van der Waals surface area contributed by atoms with Crippen molar-refractivity contribution in [3.63, 3.8) is 0 Å². The summed E-state index contributed by atoms with van der Waals surface area (Å²) in [5.41, 5.74) is 2.13. The molecule has 1 spiro atoms. The lowest BCUT2D eigenvalue weighted by atomic mass is 9.92. The van der Waals surface area contributed by atoms with E-state index in [9.17, 15) is 4.79 Å². The van der Waals surface area contributed by atoms with Crippen molar-refractivity contribution < 1.29 is 9.21 Å². The zero-order valence-corrected chi connectivity index (χ0v) is 14.3. The topological polar surface area (TPSA) is 67.2 Å². The third-order valence-corrected chi connectivity index (χ3v) is 5.91. The monoisotopic (exact) mass is 331 g/mol. The first kappa shape index (κ1) is 14.9. The lowest BCUT2D eigenvalue weighted by Crippen LogP contribution is -2.31. The molecule has 1 unspecified atom stereocenters. The molecule has 1 aliphatic carbocycles. The van der Waals surface area contributed by atoms with Crippen molar-refractivity contribution in [3.05, 3.63) is 23.0 Å². The fourth-order valence-electron chi connectivity index (χ4n) is 3.73. The lowest BCUT2D eigenvalue weighted by molar-refractivity contribution is -0.118. The van der Waals surface area contributed by atoms with E-state index in [1.54, 1.807) is 0 Å². The van der Waals surface area contributed by atoms with Gasteiger partial charge < -0.3 is 15.1 Å². The quantitative estimate of drug-likeness (QED) is 0.905. The van der Waals surface area contributed by atoms with Crippen LogP contribution >= 0.6 is 11.3 Å². The number of thiazole rings is 1. The number of rotatable bonds is 3. The second-order valence-corrected chi connectivity index (χ2v) is 7.58. The molecule has 4 rings (SSSR count). The normalized spacial score (nSPS) is 22.3. The third kappa shape index (κ3) is 2.70. The Morgan fingerprint density at radius 2 is 2.22 bits per heavy atom. The molecule has 1 saturated carbocycles. The molecule has 3 heterocycles. The first-order valence-corrected chi connectivity index (χ1v) is 9.00. The summed E-state index contributed by atoms with van der Waals surface area (Å²) >= 11 is 1.47. The smallest absolute Gasteiger partial charge is 0.229 e. The summed E-state index contributed by atoms with van der Waals surface area (Å²) in [5.74, 6) is 2.03. The highest BCUT2D eigenvalue weighted by molar-refractivity contribution is 7.14. The fraction of sp³-hybridized carbons (Fsp3) is 0.529. The van der Waals surface area contributed by atoms with Gasteiger partial charge in [0.05, 0.1) is 5.69 Å². The van der Waals surface area contributed by atoms with Gasteiger partial charge in [0.15, 0.2) is 5.13 Å². The summed E-state index contributed by atoms with van der Waals surface area (Å²) in [6, 6.07) is 1.99. The van der Waals surface area contributed by atoms with Gasteiger partial charge in [-0.2, -0.15) is 0 Å². The molecule has 1 amide bonds. The van der Waals surface area contributed by atoms with Crippen LogP contribution in [0.5, 0.6) is 0 Å². The second kappa shape index (κ2) is 5.46. The van der Waals surface area contributed by atoms with Gasteiger partial charge in [-0.05, 0) is 57.7 Å². The van der Waals surface area contributed by atoms with Crippen LogP contribution < -0.4 is 10.6 Å². The van der Waals surface area contributed by atoms with Crippen molar-refractivity contribution in [1.82, 2.24) is 10.3 Å². The molecule has 2 aliphatic rings. The van der Waals surface area contributed by atoms with Crippen LogP contribution in [0.4, 0.5) is 5.13 Å². The number of nitrogens with zero attached hydrogens (tertiary/aromatic N) is 1. The minimum Gasteiger partial charge on any atom is -0.466 e. The number of anilines is 1. The van der Waals surface area contributed by atoms with Crippen LogP contribution in [-0.2, 0) is 4.79 Å². The Morgan fingerprint density at radius 1 is 1.43 bits per heavy atom. The fourth-order valence-corrected chi connectivity index (χ4v) is 4.44. The van der Waals surface area contributed by atoms with Gasteiger partial charge >= 0.3 is 0 Å². The summed E-state index contributed by atoms with van der Waals surface area (Å²) in [4.78, 5) is 17.0. The average molecular weight is 331 g/mol. The van der Waals surface area contributed by atoms with Gasteiger partial charge in [-0.1, -0.05) is 0 Å². The summed E-state index contributed by atoms with van der Waals surface area (Å²) in [6.45, 7) is 5.93. The summed E-state index contributed by atoms with van der Waals surface area (Å²) in [6.07, 6.45) is 3.25. The molecule has 23 heavy (non-hydrogen) atoms. The molecule has 1 saturated heterocycles. The number of carbonyl (C=O) groups is 1. The molecule has 0 radical (unpaired) electrons. The summed E-state index contributed by atoms with van der Waals surface area (Å²) in [5, 5.41) is 9.03. The first-order chi connectivity index (χ1) is 11.1. The van der Waals surface area contributed by atoms with E-state index in [0.29, 0.717) is 5.13 Å². The molecule has 2 N–H and O–H groups in total. The molecule has 2 aromatic rings. The molecule has 5 nitrogen and oxygen atoms in total. The van der Waals surface area contributed by atoms with Crippen LogP contribution in [0.3, 0.4) is 0 Å². The van der Waals surface area contributed by atoms with Crippen molar-refractivity contribution in [2.45, 2.75) is 33.1 Å². The average Bonchev–Trinajstić information content (AvgIpc) is 2.87. The standard InChI is InChI=1S/C17H21N3O2S/c1-10-7-12(11(2)22-10)14-9-23-16(19-14)20-15(21)13-8-17(13)3-5-18-6-4-17/h7,9,13,18H,3-6,8H2,1-2H3,(H,19,20,21). The molecule has 6 heteroatoms. The van der Waals surface area contributed by atoms with Gasteiger partial charge in [0, 0.05) is 16.9 Å². The molecule has 0 aromatic carbocycles. The van der Waals surface area contributed by atoms with Crippen molar-refractivity contribution >= 4 is 22.4 Å². The Hall–Kier alpha value is -1.66. The van der Waals surface area contributed by atoms with Gasteiger partial charge in [0.2, 0.25) is 5.91 Å². The van der Waals surface area contributed by atoms with E-state index < -0.39 is 0 Å². The van der Waals surface area contributed by atoms with Gasteiger partial charge in [-0.15, -0.1) is 11.3 Å². The van der Waals surface area contributed by atoms with Gasteiger partial charge in [-0.25, -0.2) is 4.98 Å². The van der Waals surface area contributed by atoms with Crippen molar-refractivity contribution in [2.75, 3.05) is 18.4 Å². The Kier molecular flexibility index (Phi) is 3.54.